The predicted molar refractivity (Wildman–Crippen MR) is 84.0 cm³/mol. The Morgan fingerprint density at radius 2 is 2.05 bits per heavy atom. The lowest BCUT2D eigenvalue weighted by molar-refractivity contribution is 0.421. The fourth-order valence-corrected chi connectivity index (χ4v) is 3.70. The second-order valence-corrected chi connectivity index (χ2v) is 6.73. The van der Waals surface area contributed by atoms with E-state index in [0.717, 1.165) is 24.8 Å². The number of anilines is 1. The van der Waals surface area contributed by atoms with Crippen molar-refractivity contribution >= 4 is 16.5 Å². The smallest absolute Gasteiger partial charge is 0.185 e. The molecule has 1 aromatic rings. The van der Waals surface area contributed by atoms with Crippen LogP contribution >= 0.6 is 11.3 Å². The molecule has 0 aliphatic heterocycles. The minimum Gasteiger partial charge on any atom is -0.349 e. The van der Waals surface area contributed by atoms with E-state index in [4.69, 9.17) is 0 Å². The summed E-state index contributed by atoms with van der Waals surface area (Å²) >= 11 is 1.83. The van der Waals surface area contributed by atoms with Gasteiger partial charge in [0.15, 0.2) is 5.13 Å². The molecule has 2 rings (SSSR count). The number of rotatable bonds is 9. The molecule has 1 N–H and O–H groups in total. The average Bonchev–Trinajstić information content (AvgIpc) is 3.00. The monoisotopic (exact) mass is 281 g/mol. The molecule has 0 radical (unpaired) electrons. The summed E-state index contributed by atoms with van der Waals surface area (Å²) in [5.41, 5.74) is 0.640. The molecule has 0 saturated heterocycles. The van der Waals surface area contributed by atoms with Crippen molar-refractivity contribution in [1.82, 2.24) is 10.3 Å². The second kappa shape index (κ2) is 6.71. The van der Waals surface area contributed by atoms with Gasteiger partial charge in [0, 0.05) is 37.3 Å². The topological polar surface area (TPSA) is 28.2 Å². The van der Waals surface area contributed by atoms with Gasteiger partial charge in [-0.1, -0.05) is 13.3 Å². The Hall–Kier alpha value is -0.610. The number of aromatic nitrogens is 1. The molecule has 3 nitrogen and oxygen atoms in total. The first-order valence-corrected chi connectivity index (χ1v) is 8.45. The van der Waals surface area contributed by atoms with Gasteiger partial charge in [-0.3, -0.25) is 0 Å². The zero-order valence-electron chi connectivity index (χ0n) is 12.5. The summed E-state index contributed by atoms with van der Waals surface area (Å²) in [7, 11) is 0. The van der Waals surface area contributed by atoms with E-state index in [0.29, 0.717) is 5.41 Å². The molecule has 1 aliphatic carbocycles. The Morgan fingerprint density at radius 3 is 2.63 bits per heavy atom. The third-order valence-corrected chi connectivity index (χ3v) is 5.17. The van der Waals surface area contributed by atoms with Gasteiger partial charge in [-0.25, -0.2) is 4.98 Å². The molecule has 1 heterocycles. The van der Waals surface area contributed by atoms with Gasteiger partial charge in [-0.05, 0) is 38.5 Å². The molecule has 1 fully saturated rings. The van der Waals surface area contributed by atoms with E-state index < -0.39 is 0 Å². The van der Waals surface area contributed by atoms with E-state index in [9.17, 15) is 0 Å². The number of nitrogens with one attached hydrogen (secondary N) is 1. The highest BCUT2D eigenvalue weighted by atomic mass is 32.1. The lowest BCUT2D eigenvalue weighted by atomic mass is 10.0. The van der Waals surface area contributed by atoms with Gasteiger partial charge >= 0.3 is 0 Å². The third-order valence-electron chi connectivity index (χ3n) is 4.11. The van der Waals surface area contributed by atoms with E-state index in [1.165, 1.54) is 37.1 Å². The van der Waals surface area contributed by atoms with Crippen LogP contribution in [-0.2, 0) is 6.54 Å². The normalized spacial score (nSPS) is 16.6. The van der Waals surface area contributed by atoms with Gasteiger partial charge in [0.25, 0.3) is 0 Å². The summed E-state index contributed by atoms with van der Waals surface area (Å²) in [6.07, 6.45) is 7.56. The van der Waals surface area contributed by atoms with Crippen LogP contribution in [0, 0.1) is 5.41 Å². The van der Waals surface area contributed by atoms with Gasteiger partial charge < -0.3 is 10.2 Å². The van der Waals surface area contributed by atoms with Crippen molar-refractivity contribution in [1.29, 1.82) is 0 Å². The van der Waals surface area contributed by atoms with E-state index in [1.54, 1.807) is 0 Å². The third kappa shape index (κ3) is 3.93. The Morgan fingerprint density at radius 1 is 1.32 bits per heavy atom. The fourth-order valence-electron chi connectivity index (χ4n) is 2.69. The quantitative estimate of drug-likeness (QED) is 0.749. The van der Waals surface area contributed by atoms with E-state index >= 15 is 0 Å². The van der Waals surface area contributed by atoms with Crippen molar-refractivity contribution in [3.8, 4) is 0 Å². The standard InChI is InChI=1S/C15H27N3S/c1-4-7-15(8-9-15)12-16-10-13-11-17-14(19-13)18(5-2)6-3/h11,16H,4-10,12H2,1-3H3. The van der Waals surface area contributed by atoms with Gasteiger partial charge in [-0.2, -0.15) is 0 Å². The largest absolute Gasteiger partial charge is 0.349 e. The Kier molecular flexibility index (Phi) is 5.22. The number of hydrogen-bond donors (Lipinski definition) is 1. The van der Waals surface area contributed by atoms with Crippen molar-refractivity contribution in [2.45, 2.75) is 53.0 Å². The lowest BCUT2D eigenvalue weighted by Crippen LogP contribution is -2.23. The maximum atomic E-state index is 4.53. The van der Waals surface area contributed by atoms with Crippen molar-refractivity contribution in [3.05, 3.63) is 11.1 Å². The summed E-state index contributed by atoms with van der Waals surface area (Å²) < 4.78 is 0. The summed E-state index contributed by atoms with van der Waals surface area (Å²) in [6.45, 7) is 10.9. The van der Waals surface area contributed by atoms with Crippen LogP contribution in [0.25, 0.3) is 0 Å². The Bertz CT molecular complexity index is 380. The number of nitrogens with zero attached hydrogens (tertiary/aromatic N) is 2. The summed E-state index contributed by atoms with van der Waals surface area (Å²) in [4.78, 5) is 8.20. The van der Waals surface area contributed by atoms with Crippen LogP contribution in [0.4, 0.5) is 5.13 Å². The van der Waals surface area contributed by atoms with Crippen LogP contribution in [0.15, 0.2) is 6.20 Å². The lowest BCUT2D eigenvalue weighted by Gasteiger charge is -2.16. The second-order valence-electron chi connectivity index (χ2n) is 5.63. The van der Waals surface area contributed by atoms with E-state index in [1.807, 2.05) is 17.5 Å². The molecule has 1 saturated carbocycles. The van der Waals surface area contributed by atoms with Gasteiger partial charge in [0.1, 0.15) is 0 Å². The van der Waals surface area contributed by atoms with Crippen LogP contribution < -0.4 is 10.2 Å². The van der Waals surface area contributed by atoms with Crippen molar-refractivity contribution < 1.29 is 0 Å². The molecule has 4 heteroatoms. The molecule has 0 bridgehead atoms. The van der Waals surface area contributed by atoms with E-state index in [-0.39, 0.29) is 0 Å². The molecule has 0 atom stereocenters. The zero-order chi connectivity index (χ0) is 13.7. The molecule has 1 aromatic heterocycles. The van der Waals surface area contributed by atoms with Gasteiger partial charge in [-0.15, -0.1) is 11.3 Å². The summed E-state index contributed by atoms with van der Waals surface area (Å²) in [6, 6.07) is 0. The average molecular weight is 281 g/mol. The zero-order valence-corrected chi connectivity index (χ0v) is 13.4. The Labute approximate surface area is 121 Å². The fraction of sp³-hybridized carbons (Fsp3) is 0.800. The minimum atomic E-state index is 0.640. The molecular weight excluding hydrogens is 254 g/mol. The maximum absolute atomic E-state index is 4.53. The highest BCUT2D eigenvalue weighted by molar-refractivity contribution is 7.15. The SMILES string of the molecule is CCCC1(CNCc2cnc(N(CC)CC)s2)CC1. The predicted octanol–water partition coefficient (Wildman–Crippen LogP) is 3.66. The number of thiazole rings is 1. The van der Waals surface area contributed by atoms with Crippen LogP contribution in [0.2, 0.25) is 0 Å². The molecule has 19 heavy (non-hydrogen) atoms. The molecule has 0 amide bonds. The summed E-state index contributed by atoms with van der Waals surface area (Å²) in [5, 5.41) is 4.79. The van der Waals surface area contributed by atoms with Crippen LogP contribution in [0.3, 0.4) is 0 Å². The highest BCUT2D eigenvalue weighted by Gasteiger charge is 2.40. The van der Waals surface area contributed by atoms with Crippen molar-refractivity contribution in [2.75, 3.05) is 24.5 Å². The van der Waals surface area contributed by atoms with Crippen LogP contribution in [0.1, 0.15) is 51.3 Å². The van der Waals surface area contributed by atoms with Crippen LogP contribution in [0.5, 0.6) is 0 Å². The first-order valence-electron chi connectivity index (χ1n) is 7.63. The minimum absolute atomic E-state index is 0.640. The van der Waals surface area contributed by atoms with Gasteiger partial charge in [0.05, 0.1) is 0 Å². The van der Waals surface area contributed by atoms with Gasteiger partial charge in [0.2, 0.25) is 0 Å². The summed E-state index contributed by atoms with van der Waals surface area (Å²) in [5.74, 6) is 0. The molecule has 0 spiro atoms. The number of hydrogen-bond acceptors (Lipinski definition) is 4. The highest BCUT2D eigenvalue weighted by Crippen LogP contribution is 2.48. The van der Waals surface area contributed by atoms with Crippen molar-refractivity contribution in [2.24, 2.45) is 5.41 Å². The maximum Gasteiger partial charge on any atom is 0.185 e. The molecule has 0 aromatic carbocycles. The first kappa shape index (κ1) is 14.8. The Balaban J connectivity index is 1.77. The molecular formula is C15H27N3S. The van der Waals surface area contributed by atoms with Crippen LogP contribution in [-0.4, -0.2) is 24.6 Å². The molecule has 108 valence electrons. The van der Waals surface area contributed by atoms with Crippen molar-refractivity contribution in [3.63, 3.8) is 0 Å². The first-order chi connectivity index (χ1) is 9.23. The molecule has 1 aliphatic rings. The van der Waals surface area contributed by atoms with E-state index in [2.05, 4.69) is 36.0 Å². The molecule has 0 unspecified atom stereocenters.